The van der Waals surface area contributed by atoms with E-state index in [1.54, 1.807) is 48.7 Å². The Labute approximate surface area is 208 Å². The highest BCUT2D eigenvalue weighted by Gasteiger charge is 2.12. The van der Waals surface area contributed by atoms with Gasteiger partial charge in [0.15, 0.2) is 0 Å². The SMILES string of the molecule is O=C(Cc1ccc(Oc2ccc(OC/C=C/c3ccccc3)cc2)nc1)Nc1ccccc1C(=O)O. The first-order valence-electron chi connectivity index (χ1n) is 11.3. The molecule has 3 aromatic carbocycles. The maximum atomic E-state index is 12.4. The minimum absolute atomic E-state index is 0.0350. The molecule has 0 aliphatic carbocycles. The lowest BCUT2D eigenvalue weighted by Gasteiger charge is -2.09. The largest absolute Gasteiger partial charge is 0.490 e. The molecule has 1 amide bonds. The van der Waals surface area contributed by atoms with Crippen LogP contribution in [0, 0.1) is 0 Å². The van der Waals surface area contributed by atoms with Gasteiger partial charge in [-0.05, 0) is 53.6 Å². The number of nitrogens with one attached hydrogen (secondary N) is 1. The number of nitrogens with zero attached hydrogens (tertiary/aromatic N) is 1. The Morgan fingerprint density at radius 1 is 0.861 bits per heavy atom. The topological polar surface area (TPSA) is 97.8 Å². The van der Waals surface area contributed by atoms with Gasteiger partial charge in [0.2, 0.25) is 11.8 Å². The minimum atomic E-state index is -1.10. The van der Waals surface area contributed by atoms with Crippen molar-refractivity contribution in [3.63, 3.8) is 0 Å². The van der Waals surface area contributed by atoms with E-state index >= 15 is 0 Å². The molecule has 0 aliphatic heterocycles. The van der Waals surface area contributed by atoms with Crippen LogP contribution in [0.3, 0.4) is 0 Å². The van der Waals surface area contributed by atoms with Crippen molar-refractivity contribution in [2.75, 3.05) is 11.9 Å². The number of anilines is 1. The van der Waals surface area contributed by atoms with Crippen LogP contribution >= 0.6 is 0 Å². The summed E-state index contributed by atoms with van der Waals surface area (Å²) in [6, 6.07) is 26.9. The fourth-order valence-electron chi connectivity index (χ4n) is 3.35. The monoisotopic (exact) mass is 480 g/mol. The summed E-state index contributed by atoms with van der Waals surface area (Å²) in [5.74, 6) is 0.265. The van der Waals surface area contributed by atoms with Crippen molar-refractivity contribution in [1.29, 1.82) is 0 Å². The molecule has 0 saturated heterocycles. The smallest absolute Gasteiger partial charge is 0.337 e. The molecular weight excluding hydrogens is 456 g/mol. The highest BCUT2D eigenvalue weighted by atomic mass is 16.5. The first-order valence-corrected chi connectivity index (χ1v) is 11.3. The summed E-state index contributed by atoms with van der Waals surface area (Å²) in [4.78, 5) is 27.9. The third-order valence-electron chi connectivity index (χ3n) is 5.10. The molecule has 0 bridgehead atoms. The molecule has 180 valence electrons. The second kappa shape index (κ2) is 12.0. The third kappa shape index (κ3) is 7.04. The van der Waals surface area contributed by atoms with Gasteiger partial charge in [0.05, 0.1) is 17.7 Å². The molecule has 0 radical (unpaired) electrons. The molecule has 0 aliphatic rings. The standard InChI is InChI=1S/C29H24N2O5/c32-27(31-26-11-5-4-10-25(26)29(33)34)19-22-12-17-28(30-20-22)36-24-15-13-23(14-16-24)35-18-6-9-21-7-2-1-3-8-21/h1-17,20H,18-19H2,(H,31,32)(H,33,34)/b9-6+. The molecule has 4 aromatic rings. The molecule has 0 fully saturated rings. The molecular formula is C29H24N2O5. The Morgan fingerprint density at radius 3 is 2.31 bits per heavy atom. The van der Waals surface area contributed by atoms with Crippen LogP contribution in [0.2, 0.25) is 0 Å². The second-order valence-electron chi connectivity index (χ2n) is 7.78. The van der Waals surface area contributed by atoms with Crippen LogP contribution in [0.4, 0.5) is 5.69 Å². The van der Waals surface area contributed by atoms with Crippen molar-refractivity contribution in [3.8, 4) is 17.4 Å². The molecule has 7 nitrogen and oxygen atoms in total. The fourth-order valence-corrected chi connectivity index (χ4v) is 3.35. The average Bonchev–Trinajstić information content (AvgIpc) is 2.89. The Hall–Kier alpha value is -4.91. The number of carboxylic acid groups (broad SMARTS) is 1. The Balaban J connectivity index is 1.26. The number of rotatable bonds is 10. The zero-order valence-electron chi connectivity index (χ0n) is 19.3. The summed E-state index contributed by atoms with van der Waals surface area (Å²) in [5, 5.41) is 11.9. The minimum Gasteiger partial charge on any atom is -0.490 e. The van der Waals surface area contributed by atoms with Gasteiger partial charge in [-0.2, -0.15) is 0 Å². The predicted molar refractivity (Wildman–Crippen MR) is 137 cm³/mol. The van der Waals surface area contributed by atoms with E-state index in [0.717, 1.165) is 11.3 Å². The van der Waals surface area contributed by atoms with Crippen LogP contribution < -0.4 is 14.8 Å². The number of carbonyl (C=O) groups is 2. The lowest BCUT2D eigenvalue weighted by Crippen LogP contribution is -2.16. The number of para-hydroxylation sites is 1. The number of pyridine rings is 1. The number of hydrogen-bond acceptors (Lipinski definition) is 5. The lowest BCUT2D eigenvalue weighted by molar-refractivity contribution is -0.115. The van der Waals surface area contributed by atoms with Crippen molar-refractivity contribution in [3.05, 3.63) is 120 Å². The Bertz CT molecular complexity index is 1330. The number of amides is 1. The summed E-state index contributed by atoms with van der Waals surface area (Å²) in [6.45, 7) is 0.452. The summed E-state index contributed by atoms with van der Waals surface area (Å²) in [6.07, 6.45) is 5.56. The average molecular weight is 481 g/mol. The number of benzene rings is 3. The molecule has 0 saturated carbocycles. The third-order valence-corrected chi connectivity index (χ3v) is 5.10. The molecule has 0 spiro atoms. The zero-order valence-corrected chi connectivity index (χ0v) is 19.3. The highest BCUT2D eigenvalue weighted by Crippen LogP contribution is 2.23. The first kappa shape index (κ1) is 24.2. The molecule has 2 N–H and O–H groups in total. The van der Waals surface area contributed by atoms with Gasteiger partial charge < -0.3 is 19.9 Å². The number of carboxylic acids is 1. The maximum absolute atomic E-state index is 12.4. The maximum Gasteiger partial charge on any atom is 0.337 e. The van der Waals surface area contributed by atoms with Crippen LogP contribution in [-0.4, -0.2) is 28.6 Å². The van der Waals surface area contributed by atoms with Gasteiger partial charge >= 0.3 is 5.97 Å². The van der Waals surface area contributed by atoms with Crippen LogP contribution in [0.15, 0.2) is 103 Å². The van der Waals surface area contributed by atoms with E-state index in [2.05, 4.69) is 10.3 Å². The summed E-state index contributed by atoms with van der Waals surface area (Å²) in [7, 11) is 0. The number of aromatic nitrogens is 1. The van der Waals surface area contributed by atoms with Gasteiger partial charge in [-0.3, -0.25) is 4.79 Å². The van der Waals surface area contributed by atoms with E-state index in [1.807, 2.05) is 54.6 Å². The zero-order chi connectivity index (χ0) is 25.2. The van der Waals surface area contributed by atoms with Gasteiger partial charge in [0.25, 0.3) is 0 Å². The van der Waals surface area contributed by atoms with E-state index < -0.39 is 5.97 Å². The number of hydrogen-bond donors (Lipinski definition) is 2. The van der Waals surface area contributed by atoms with E-state index in [9.17, 15) is 14.7 Å². The summed E-state index contributed by atoms with van der Waals surface area (Å²) < 4.78 is 11.5. The Kier molecular flexibility index (Phi) is 8.07. The van der Waals surface area contributed by atoms with Crippen LogP contribution in [0.1, 0.15) is 21.5 Å². The van der Waals surface area contributed by atoms with Crippen molar-refractivity contribution >= 4 is 23.6 Å². The number of carbonyl (C=O) groups excluding carboxylic acids is 1. The molecule has 1 aromatic heterocycles. The van der Waals surface area contributed by atoms with Gasteiger partial charge in [-0.15, -0.1) is 0 Å². The molecule has 7 heteroatoms. The highest BCUT2D eigenvalue weighted by molar-refractivity contribution is 6.00. The van der Waals surface area contributed by atoms with E-state index in [0.29, 0.717) is 23.8 Å². The van der Waals surface area contributed by atoms with E-state index in [1.165, 1.54) is 6.07 Å². The fraction of sp³-hybridized carbons (Fsp3) is 0.0690. The molecule has 1 heterocycles. The van der Waals surface area contributed by atoms with Gasteiger partial charge in [-0.25, -0.2) is 9.78 Å². The number of ether oxygens (including phenoxy) is 2. The normalized spacial score (nSPS) is 10.7. The van der Waals surface area contributed by atoms with Crippen LogP contribution in [0.5, 0.6) is 17.4 Å². The van der Waals surface area contributed by atoms with Crippen molar-refractivity contribution in [1.82, 2.24) is 4.98 Å². The predicted octanol–water partition coefficient (Wildman–Crippen LogP) is 5.85. The van der Waals surface area contributed by atoms with E-state index in [-0.39, 0.29) is 23.6 Å². The molecule has 0 atom stereocenters. The summed E-state index contributed by atoms with van der Waals surface area (Å²) in [5.41, 5.74) is 2.07. The number of aromatic carboxylic acids is 1. The van der Waals surface area contributed by atoms with Crippen LogP contribution in [0.25, 0.3) is 6.08 Å². The van der Waals surface area contributed by atoms with Crippen molar-refractivity contribution in [2.45, 2.75) is 6.42 Å². The van der Waals surface area contributed by atoms with Gasteiger partial charge in [0.1, 0.15) is 18.1 Å². The lowest BCUT2D eigenvalue weighted by atomic mass is 10.1. The Morgan fingerprint density at radius 2 is 1.58 bits per heavy atom. The van der Waals surface area contributed by atoms with Gasteiger partial charge in [0, 0.05) is 12.3 Å². The molecule has 0 unspecified atom stereocenters. The van der Waals surface area contributed by atoms with Gasteiger partial charge in [-0.1, -0.05) is 54.6 Å². The molecule has 36 heavy (non-hydrogen) atoms. The van der Waals surface area contributed by atoms with Crippen LogP contribution in [-0.2, 0) is 11.2 Å². The van der Waals surface area contributed by atoms with E-state index in [4.69, 9.17) is 9.47 Å². The van der Waals surface area contributed by atoms with Crippen molar-refractivity contribution in [2.24, 2.45) is 0 Å². The summed E-state index contributed by atoms with van der Waals surface area (Å²) >= 11 is 0. The molecule has 4 rings (SSSR count). The first-order chi connectivity index (χ1) is 17.6. The van der Waals surface area contributed by atoms with Crippen molar-refractivity contribution < 1.29 is 24.2 Å². The quantitative estimate of drug-likeness (QED) is 0.296. The second-order valence-corrected chi connectivity index (χ2v) is 7.78.